The summed E-state index contributed by atoms with van der Waals surface area (Å²) in [5.41, 5.74) is 6.41. The Morgan fingerprint density at radius 2 is 2.07 bits per heavy atom. The molecule has 1 aromatic heterocycles. The maximum atomic E-state index is 12.7. The number of rotatable bonds is 6. The zero-order valence-corrected chi connectivity index (χ0v) is 16.3. The van der Waals surface area contributed by atoms with Gasteiger partial charge in [-0.05, 0) is 42.0 Å². The van der Waals surface area contributed by atoms with Crippen LogP contribution in [0.25, 0.3) is 0 Å². The molecule has 2 heterocycles. The molecule has 144 valence electrons. The van der Waals surface area contributed by atoms with Gasteiger partial charge in [0.1, 0.15) is 4.21 Å². The molecule has 0 spiro atoms. The molecule has 1 atom stereocenters. The Hall–Kier alpha value is -2.23. The second-order valence-electron chi connectivity index (χ2n) is 6.42. The van der Waals surface area contributed by atoms with Gasteiger partial charge in [-0.15, -0.1) is 11.3 Å². The lowest BCUT2D eigenvalue weighted by Gasteiger charge is -2.30. The topological polar surface area (TPSA) is 110 Å². The Balaban J connectivity index is 1.62. The van der Waals surface area contributed by atoms with Gasteiger partial charge >= 0.3 is 0 Å². The largest absolute Gasteiger partial charge is 0.366 e. The number of hydrogen-bond donors (Lipinski definition) is 2. The van der Waals surface area contributed by atoms with Crippen LogP contribution in [0, 0.1) is 5.92 Å². The lowest BCUT2D eigenvalue weighted by Crippen LogP contribution is -2.45. The van der Waals surface area contributed by atoms with Crippen molar-refractivity contribution in [3.63, 3.8) is 0 Å². The molecule has 3 N–H and O–H groups in total. The van der Waals surface area contributed by atoms with Crippen molar-refractivity contribution in [1.29, 1.82) is 0 Å². The molecule has 7 nitrogen and oxygen atoms in total. The monoisotopic (exact) mass is 407 g/mol. The lowest BCUT2D eigenvalue weighted by atomic mass is 9.98. The van der Waals surface area contributed by atoms with Gasteiger partial charge in [0.2, 0.25) is 11.8 Å². The van der Waals surface area contributed by atoms with E-state index < -0.39 is 21.8 Å². The molecule has 3 rings (SSSR count). The first-order valence-electron chi connectivity index (χ1n) is 8.58. The number of hydrogen-bond acceptors (Lipinski definition) is 5. The van der Waals surface area contributed by atoms with Crippen LogP contribution in [0.3, 0.4) is 0 Å². The zero-order valence-electron chi connectivity index (χ0n) is 14.6. The first-order valence-corrected chi connectivity index (χ1v) is 10.9. The van der Waals surface area contributed by atoms with Crippen molar-refractivity contribution >= 4 is 33.2 Å². The standard InChI is InChI=1S/C18H21N3O4S2/c19-17(22)14-5-1-4-13(10-14)11-20-18(23)15-6-2-8-21(12-15)27(24,25)16-7-3-9-26-16/h1,3-5,7,9-10,15H,2,6,8,11-12H2,(H2,19,22)(H,20,23). The van der Waals surface area contributed by atoms with Crippen LogP contribution in [-0.2, 0) is 21.4 Å². The molecule has 0 saturated carbocycles. The Bertz CT molecular complexity index is 926. The molecule has 1 saturated heterocycles. The third-order valence-electron chi connectivity index (χ3n) is 4.52. The van der Waals surface area contributed by atoms with Crippen LogP contribution in [0.4, 0.5) is 0 Å². The van der Waals surface area contributed by atoms with Gasteiger partial charge < -0.3 is 11.1 Å². The Morgan fingerprint density at radius 3 is 2.78 bits per heavy atom. The maximum absolute atomic E-state index is 12.7. The van der Waals surface area contributed by atoms with Crippen molar-refractivity contribution in [2.75, 3.05) is 13.1 Å². The van der Waals surface area contributed by atoms with Gasteiger partial charge in [-0.25, -0.2) is 8.42 Å². The predicted octanol–water partition coefficient (Wildman–Crippen LogP) is 1.56. The zero-order chi connectivity index (χ0) is 19.4. The first-order chi connectivity index (χ1) is 12.9. The molecule has 1 unspecified atom stereocenters. The molecule has 9 heteroatoms. The van der Waals surface area contributed by atoms with Crippen molar-refractivity contribution < 1.29 is 18.0 Å². The van der Waals surface area contributed by atoms with E-state index in [9.17, 15) is 18.0 Å². The van der Waals surface area contributed by atoms with E-state index in [1.807, 2.05) is 0 Å². The summed E-state index contributed by atoms with van der Waals surface area (Å²) < 4.78 is 27.0. The van der Waals surface area contributed by atoms with Crippen LogP contribution in [0.15, 0.2) is 46.0 Å². The van der Waals surface area contributed by atoms with Crippen LogP contribution >= 0.6 is 11.3 Å². The van der Waals surface area contributed by atoms with Crippen molar-refractivity contribution in [2.45, 2.75) is 23.6 Å². The predicted molar refractivity (Wildman–Crippen MR) is 103 cm³/mol. The number of nitrogens with zero attached hydrogens (tertiary/aromatic N) is 1. The van der Waals surface area contributed by atoms with Gasteiger partial charge in [0, 0.05) is 25.2 Å². The second-order valence-corrected chi connectivity index (χ2v) is 9.53. The fourth-order valence-electron chi connectivity index (χ4n) is 3.08. The number of piperidine rings is 1. The minimum atomic E-state index is -3.55. The highest BCUT2D eigenvalue weighted by Gasteiger charge is 2.33. The lowest BCUT2D eigenvalue weighted by molar-refractivity contribution is -0.126. The normalized spacial score (nSPS) is 18.1. The summed E-state index contributed by atoms with van der Waals surface area (Å²) in [7, 11) is -3.55. The number of nitrogens with one attached hydrogen (secondary N) is 1. The minimum absolute atomic E-state index is 0.174. The van der Waals surface area contributed by atoms with E-state index in [0.29, 0.717) is 29.2 Å². The fourth-order valence-corrected chi connectivity index (χ4v) is 5.75. The van der Waals surface area contributed by atoms with Crippen LogP contribution in [0.1, 0.15) is 28.8 Å². The molecule has 0 radical (unpaired) electrons. The number of carbonyl (C=O) groups is 2. The molecular formula is C18H21N3O4S2. The number of benzene rings is 1. The number of carbonyl (C=O) groups excluding carboxylic acids is 2. The quantitative estimate of drug-likeness (QED) is 0.757. The molecular weight excluding hydrogens is 386 g/mol. The second kappa shape index (κ2) is 8.20. The van der Waals surface area contributed by atoms with Gasteiger partial charge in [0.15, 0.2) is 0 Å². The summed E-state index contributed by atoms with van der Waals surface area (Å²) in [6, 6.07) is 10.0. The van der Waals surface area contributed by atoms with E-state index in [0.717, 1.165) is 5.56 Å². The third kappa shape index (κ3) is 4.55. The number of amides is 2. The van der Waals surface area contributed by atoms with E-state index in [-0.39, 0.29) is 19.0 Å². The van der Waals surface area contributed by atoms with Gasteiger partial charge in [0.25, 0.3) is 10.0 Å². The Kier molecular flexibility index (Phi) is 5.93. The van der Waals surface area contributed by atoms with Gasteiger partial charge in [0.05, 0.1) is 5.92 Å². The number of nitrogens with two attached hydrogens (primary N) is 1. The summed E-state index contributed by atoms with van der Waals surface area (Å²) in [5.74, 6) is -1.11. The van der Waals surface area contributed by atoms with Gasteiger partial charge in [-0.1, -0.05) is 18.2 Å². The van der Waals surface area contributed by atoms with Crippen molar-refractivity contribution in [3.05, 3.63) is 52.9 Å². The summed E-state index contributed by atoms with van der Waals surface area (Å²) in [4.78, 5) is 23.8. The Labute approximate surface area is 162 Å². The van der Waals surface area contributed by atoms with Crippen molar-refractivity contribution in [3.8, 4) is 0 Å². The molecule has 0 aliphatic carbocycles. The molecule has 2 aromatic rings. The van der Waals surface area contributed by atoms with E-state index in [1.165, 1.54) is 15.6 Å². The number of sulfonamides is 1. The van der Waals surface area contributed by atoms with Gasteiger partial charge in [-0.2, -0.15) is 4.31 Å². The average Bonchev–Trinajstić information content (AvgIpc) is 3.22. The molecule has 27 heavy (non-hydrogen) atoms. The molecule has 0 bridgehead atoms. The summed E-state index contributed by atoms with van der Waals surface area (Å²) in [5, 5.41) is 4.56. The molecule has 2 amide bonds. The van der Waals surface area contributed by atoms with E-state index in [2.05, 4.69) is 5.32 Å². The SMILES string of the molecule is NC(=O)c1cccc(CNC(=O)C2CCCN(S(=O)(=O)c3cccs3)C2)c1. The highest BCUT2D eigenvalue weighted by atomic mass is 32.2. The van der Waals surface area contributed by atoms with E-state index in [1.54, 1.807) is 41.8 Å². The number of thiophene rings is 1. The van der Waals surface area contributed by atoms with E-state index >= 15 is 0 Å². The molecule has 1 fully saturated rings. The minimum Gasteiger partial charge on any atom is -0.366 e. The Morgan fingerprint density at radius 1 is 1.26 bits per heavy atom. The summed E-state index contributed by atoms with van der Waals surface area (Å²) in [6.45, 7) is 0.853. The van der Waals surface area contributed by atoms with Crippen LogP contribution < -0.4 is 11.1 Å². The summed E-state index contributed by atoms with van der Waals surface area (Å²) in [6.07, 6.45) is 1.28. The smallest absolute Gasteiger partial charge is 0.252 e. The van der Waals surface area contributed by atoms with Gasteiger partial charge in [-0.3, -0.25) is 9.59 Å². The molecule has 1 aliphatic heterocycles. The molecule has 1 aromatic carbocycles. The van der Waals surface area contributed by atoms with Crippen molar-refractivity contribution in [1.82, 2.24) is 9.62 Å². The molecule has 1 aliphatic rings. The summed E-state index contributed by atoms with van der Waals surface area (Å²) >= 11 is 1.18. The van der Waals surface area contributed by atoms with Crippen molar-refractivity contribution in [2.24, 2.45) is 11.7 Å². The van der Waals surface area contributed by atoms with Crippen LogP contribution in [-0.4, -0.2) is 37.6 Å². The van der Waals surface area contributed by atoms with E-state index in [4.69, 9.17) is 5.73 Å². The maximum Gasteiger partial charge on any atom is 0.252 e. The number of primary amides is 1. The first kappa shape index (κ1) is 19.5. The highest BCUT2D eigenvalue weighted by Crippen LogP contribution is 2.26. The third-order valence-corrected chi connectivity index (χ3v) is 7.76. The van der Waals surface area contributed by atoms with Crippen LogP contribution in [0.5, 0.6) is 0 Å². The fraction of sp³-hybridized carbons (Fsp3) is 0.333. The highest BCUT2D eigenvalue weighted by molar-refractivity contribution is 7.91. The van der Waals surface area contributed by atoms with Crippen LogP contribution in [0.2, 0.25) is 0 Å². The average molecular weight is 408 g/mol.